The fourth-order valence-corrected chi connectivity index (χ4v) is 5.01. The van der Waals surface area contributed by atoms with E-state index in [1.165, 1.54) is 29.7 Å². The van der Waals surface area contributed by atoms with E-state index in [0.29, 0.717) is 5.41 Å². The van der Waals surface area contributed by atoms with Crippen LogP contribution in [0.5, 0.6) is 0 Å². The Morgan fingerprint density at radius 1 is 1.00 bits per heavy atom. The maximum Gasteiger partial charge on any atom is 0.0589 e. The molecule has 144 valence electrons. The Morgan fingerprint density at radius 2 is 1.69 bits per heavy atom. The van der Waals surface area contributed by atoms with Gasteiger partial charge in [0.1, 0.15) is 0 Å². The van der Waals surface area contributed by atoms with Crippen LogP contribution in [-0.4, -0.2) is 51.3 Å². The molecule has 1 aromatic rings. The number of methoxy groups -OCH3 is 1. The highest BCUT2D eigenvalue weighted by atomic mass is 16.5. The summed E-state index contributed by atoms with van der Waals surface area (Å²) in [5.41, 5.74) is 5.02. The maximum absolute atomic E-state index is 5.23. The first kappa shape index (κ1) is 19.4. The molecular weight excluding hydrogens is 320 g/mol. The smallest absolute Gasteiger partial charge is 0.0589 e. The van der Waals surface area contributed by atoms with Crippen LogP contribution >= 0.6 is 0 Å². The largest absolute Gasteiger partial charge is 0.383 e. The molecule has 1 aliphatic carbocycles. The number of nitrogens with zero attached hydrogens (tertiary/aromatic N) is 2. The van der Waals surface area contributed by atoms with Crippen LogP contribution in [0.1, 0.15) is 46.1 Å². The lowest BCUT2D eigenvalue weighted by molar-refractivity contribution is 0.144. The highest BCUT2D eigenvalue weighted by Crippen LogP contribution is 2.48. The van der Waals surface area contributed by atoms with E-state index in [2.05, 4.69) is 67.8 Å². The predicted octanol–water partition coefficient (Wildman–Crippen LogP) is 4.68. The Kier molecular flexibility index (Phi) is 5.78. The van der Waals surface area contributed by atoms with Gasteiger partial charge in [0.25, 0.3) is 0 Å². The number of hydrogen-bond donors (Lipinski definition) is 0. The first-order valence-corrected chi connectivity index (χ1v) is 10.1. The summed E-state index contributed by atoms with van der Waals surface area (Å²) in [6.07, 6.45) is 4.96. The van der Waals surface area contributed by atoms with E-state index in [9.17, 15) is 0 Å². The molecule has 1 fully saturated rings. The van der Waals surface area contributed by atoms with E-state index in [1.54, 1.807) is 7.11 Å². The summed E-state index contributed by atoms with van der Waals surface area (Å²) in [6.45, 7) is 15.9. The van der Waals surface area contributed by atoms with Gasteiger partial charge in [-0.3, -0.25) is 4.90 Å². The lowest BCUT2D eigenvalue weighted by Gasteiger charge is -2.41. The molecular formula is C23H36N2O. The molecule has 3 nitrogen and oxygen atoms in total. The number of piperazine rings is 1. The van der Waals surface area contributed by atoms with Crippen molar-refractivity contribution in [3.05, 3.63) is 35.9 Å². The predicted molar refractivity (Wildman–Crippen MR) is 112 cm³/mol. The van der Waals surface area contributed by atoms with Crippen molar-refractivity contribution in [1.82, 2.24) is 4.90 Å². The van der Waals surface area contributed by atoms with E-state index in [-0.39, 0.29) is 5.41 Å². The molecule has 0 radical (unpaired) electrons. The van der Waals surface area contributed by atoms with Gasteiger partial charge in [0, 0.05) is 51.1 Å². The number of anilines is 1. The third-order valence-corrected chi connectivity index (χ3v) is 5.74. The Hall–Kier alpha value is -1.32. The highest BCUT2D eigenvalue weighted by molar-refractivity contribution is 5.78. The fourth-order valence-electron chi connectivity index (χ4n) is 5.01. The van der Waals surface area contributed by atoms with Gasteiger partial charge in [0.2, 0.25) is 0 Å². The highest BCUT2D eigenvalue weighted by Gasteiger charge is 2.34. The summed E-state index contributed by atoms with van der Waals surface area (Å²) in [6, 6.07) is 9.03. The topological polar surface area (TPSA) is 15.7 Å². The number of ether oxygens (including phenoxy) is 1. The van der Waals surface area contributed by atoms with E-state index in [4.69, 9.17) is 4.74 Å². The molecule has 0 atom stereocenters. The zero-order valence-corrected chi connectivity index (χ0v) is 17.3. The monoisotopic (exact) mass is 356 g/mol. The second-order valence-corrected chi connectivity index (χ2v) is 9.51. The molecule has 2 aliphatic rings. The number of allylic oxidation sites excluding steroid dienone is 2. The molecule has 26 heavy (non-hydrogen) atoms. The average molecular weight is 357 g/mol. The molecule has 0 amide bonds. The van der Waals surface area contributed by atoms with Crippen LogP contribution < -0.4 is 4.90 Å². The Morgan fingerprint density at radius 3 is 2.35 bits per heavy atom. The van der Waals surface area contributed by atoms with E-state index in [1.807, 2.05) is 0 Å². The van der Waals surface area contributed by atoms with E-state index in [0.717, 1.165) is 39.3 Å². The quantitative estimate of drug-likeness (QED) is 0.761. The standard InChI is InChI=1S/C23H36N2O/c1-22(2)16-19(17-23(3,4)18-22)20-8-6-7-9-21(20)25-12-10-24(11-13-25)14-15-26-5/h6-9,16H,10-15,17-18H2,1-5H3. The van der Waals surface area contributed by atoms with Crippen molar-refractivity contribution in [3.8, 4) is 0 Å². The van der Waals surface area contributed by atoms with Crippen LogP contribution in [0, 0.1) is 10.8 Å². The third-order valence-electron chi connectivity index (χ3n) is 5.74. The molecule has 3 rings (SSSR count). The van der Waals surface area contributed by atoms with Crippen molar-refractivity contribution < 1.29 is 4.74 Å². The second kappa shape index (κ2) is 7.74. The summed E-state index contributed by atoms with van der Waals surface area (Å²) in [5, 5.41) is 0. The third kappa shape index (κ3) is 4.69. The Labute approximate surface area is 160 Å². The lowest BCUT2D eigenvalue weighted by Crippen LogP contribution is -2.47. The molecule has 3 heteroatoms. The molecule has 0 aromatic heterocycles. The van der Waals surface area contributed by atoms with Crippen LogP contribution in [0.15, 0.2) is 30.3 Å². The van der Waals surface area contributed by atoms with Crippen LogP contribution in [0.4, 0.5) is 5.69 Å². The molecule has 1 heterocycles. The van der Waals surface area contributed by atoms with Gasteiger partial charge in [0.05, 0.1) is 6.61 Å². The fraction of sp³-hybridized carbons (Fsp3) is 0.652. The Balaban J connectivity index is 1.80. The van der Waals surface area contributed by atoms with Gasteiger partial charge in [-0.15, -0.1) is 0 Å². The minimum absolute atomic E-state index is 0.267. The van der Waals surface area contributed by atoms with E-state index < -0.39 is 0 Å². The van der Waals surface area contributed by atoms with Crippen molar-refractivity contribution in [2.75, 3.05) is 51.3 Å². The minimum atomic E-state index is 0.267. The van der Waals surface area contributed by atoms with Crippen LogP contribution in [0.2, 0.25) is 0 Å². The first-order valence-electron chi connectivity index (χ1n) is 10.1. The van der Waals surface area contributed by atoms with Gasteiger partial charge in [-0.25, -0.2) is 0 Å². The second-order valence-electron chi connectivity index (χ2n) is 9.51. The number of rotatable bonds is 5. The van der Waals surface area contributed by atoms with Crippen molar-refractivity contribution in [1.29, 1.82) is 0 Å². The van der Waals surface area contributed by atoms with Crippen LogP contribution in [-0.2, 0) is 4.74 Å². The number of benzene rings is 1. The zero-order chi connectivity index (χ0) is 18.8. The molecule has 1 saturated heterocycles. The van der Waals surface area contributed by atoms with Crippen LogP contribution in [0.25, 0.3) is 5.57 Å². The average Bonchev–Trinajstić information content (AvgIpc) is 2.58. The molecule has 1 aliphatic heterocycles. The number of hydrogen-bond acceptors (Lipinski definition) is 3. The van der Waals surface area contributed by atoms with Gasteiger partial charge in [-0.2, -0.15) is 0 Å². The van der Waals surface area contributed by atoms with Gasteiger partial charge in [-0.05, 0) is 35.3 Å². The Bertz CT molecular complexity index is 639. The van der Waals surface area contributed by atoms with Crippen LogP contribution in [0.3, 0.4) is 0 Å². The first-order chi connectivity index (χ1) is 12.3. The van der Waals surface area contributed by atoms with Gasteiger partial charge >= 0.3 is 0 Å². The summed E-state index contributed by atoms with van der Waals surface area (Å²) in [7, 11) is 1.79. The molecule has 0 spiro atoms. The minimum Gasteiger partial charge on any atom is -0.383 e. The normalized spacial score (nSPS) is 23.0. The molecule has 0 saturated carbocycles. The lowest BCUT2D eigenvalue weighted by atomic mass is 9.65. The van der Waals surface area contributed by atoms with Gasteiger partial charge < -0.3 is 9.64 Å². The SMILES string of the molecule is COCCN1CCN(c2ccccc2C2=CC(C)(C)CC(C)(C)C2)CC1. The van der Waals surface area contributed by atoms with E-state index >= 15 is 0 Å². The maximum atomic E-state index is 5.23. The summed E-state index contributed by atoms with van der Waals surface area (Å²) in [4.78, 5) is 5.09. The van der Waals surface area contributed by atoms with Crippen molar-refractivity contribution in [2.45, 2.75) is 40.5 Å². The van der Waals surface area contributed by atoms with Gasteiger partial charge in [0.15, 0.2) is 0 Å². The molecule has 0 N–H and O–H groups in total. The number of para-hydroxylation sites is 1. The van der Waals surface area contributed by atoms with Crippen molar-refractivity contribution >= 4 is 11.3 Å². The van der Waals surface area contributed by atoms with Crippen molar-refractivity contribution in [2.24, 2.45) is 10.8 Å². The van der Waals surface area contributed by atoms with Gasteiger partial charge in [-0.1, -0.05) is 52.0 Å². The summed E-state index contributed by atoms with van der Waals surface area (Å²) < 4.78 is 5.23. The van der Waals surface area contributed by atoms with Crippen molar-refractivity contribution in [3.63, 3.8) is 0 Å². The molecule has 1 aromatic carbocycles. The molecule has 0 bridgehead atoms. The summed E-state index contributed by atoms with van der Waals surface area (Å²) in [5.74, 6) is 0. The molecule has 0 unspecified atom stereocenters. The summed E-state index contributed by atoms with van der Waals surface area (Å²) >= 11 is 0. The zero-order valence-electron chi connectivity index (χ0n) is 17.3.